The normalized spacial score (nSPS) is 27.6. The number of rotatable bonds is 1. The average Bonchev–Trinajstić information content (AvgIpc) is 2.47. The third-order valence-electron chi connectivity index (χ3n) is 4.08. The molecule has 19 heavy (non-hydrogen) atoms. The van der Waals surface area contributed by atoms with E-state index in [9.17, 15) is 0 Å². The molecule has 2 aliphatic heterocycles. The molecule has 0 aromatic carbocycles. The molecule has 3 heterocycles. The second-order valence-corrected chi connectivity index (χ2v) is 5.19. The molecule has 2 fully saturated rings. The van der Waals surface area contributed by atoms with Crippen LogP contribution < -0.4 is 5.32 Å². The first-order valence-electron chi connectivity index (χ1n) is 6.70. The van der Waals surface area contributed by atoms with Gasteiger partial charge in [-0.05, 0) is 12.5 Å². The van der Waals surface area contributed by atoms with E-state index in [1.54, 1.807) is 6.20 Å². The second-order valence-electron chi connectivity index (χ2n) is 5.19. The molecule has 0 amide bonds. The van der Waals surface area contributed by atoms with E-state index in [4.69, 9.17) is 10.00 Å². The van der Waals surface area contributed by atoms with Crippen molar-refractivity contribution in [3.8, 4) is 6.07 Å². The van der Waals surface area contributed by atoms with E-state index in [0.717, 1.165) is 43.9 Å². The minimum atomic E-state index is 0.0372. The molecule has 1 aromatic heterocycles. The first-order valence-corrected chi connectivity index (χ1v) is 6.70. The fourth-order valence-corrected chi connectivity index (χ4v) is 2.87. The number of hydrogen-bond donors (Lipinski definition) is 1. The van der Waals surface area contributed by atoms with Gasteiger partial charge in [-0.2, -0.15) is 5.26 Å². The van der Waals surface area contributed by atoms with Crippen LogP contribution >= 0.6 is 0 Å². The summed E-state index contributed by atoms with van der Waals surface area (Å²) in [5.74, 6) is 0. The van der Waals surface area contributed by atoms with Gasteiger partial charge in [0.15, 0.2) is 0 Å². The van der Waals surface area contributed by atoms with Gasteiger partial charge in [-0.3, -0.25) is 9.88 Å². The van der Waals surface area contributed by atoms with E-state index in [1.165, 1.54) is 0 Å². The van der Waals surface area contributed by atoms with Crippen molar-refractivity contribution in [3.63, 3.8) is 0 Å². The molecule has 1 aromatic rings. The molecule has 2 unspecified atom stereocenters. The van der Waals surface area contributed by atoms with Crippen molar-refractivity contribution < 1.29 is 4.74 Å². The van der Waals surface area contributed by atoms with E-state index >= 15 is 0 Å². The fraction of sp³-hybridized carbons (Fsp3) is 0.571. The molecule has 0 aliphatic carbocycles. The highest BCUT2D eigenvalue weighted by atomic mass is 16.5. The van der Waals surface area contributed by atoms with Gasteiger partial charge in [-0.25, -0.2) is 0 Å². The maximum Gasteiger partial charge on any atom is 0.101 e. The number of hydrogen-bond acceptors (Lipinski definition) is 5. The highest BCUT2D eigenvalue weighted by Crippen LogP contribution is 2.28. The van der Waals surface area contributed by atoms with Crippen molar-refractivity contribution in [2.24, 2.45) is 0 Å². The predicted molar refractivity (Wildman–Crippen MR) is 70.6 cm³/mol. The molecule has 2 atom stereocenters. The Morgan fingerprint density at radius 2 is 2.42 bits per heavy atom. The minimum absolute atomic E-state index is 0.0372. The van der Waals surface area contributed by atoms with E-state index in [1.807, 2.05) is 13.1 Å². The van der Waals surface area contributed by atoms with Gasteiger partial charge in [0.05, 0.1) is 18.3 Å². The Morgan fingerprint density at radius 1 is 1.53 bits per heavy atom. The lowest BCUT2D eigenvalue weighted by atomic mass is 9.99. The van der Waals surface area contributed by atoms with Gasteiger partial charge in [0, 0.05) is 50.2 Å². The third-order valence-corrected chi connectivity index (χ3v) is 4.08. The molecule has 5 heteroatoms. The van der Waals surface area contributed by atoms with Gasteiger partial charge in [-0.15, -0.1) is 0 Å². The maximum absolute atomic E-state index is 9.08. The summed E-state index contributed by atoms with van der Waals surface area (Å²) in [4.78, 5) is 6.64. The van der Waals surface area contributed by atoms with Crippen LogP contribution in [0.5, 0.6) is 0 Å². The van der Waals surface area contributed by atoms with Crippen LogP contribution in [0.25, 0.3) is 0 Å². The molecule has 0 saturated carbocycles. The SMILES string of the molecule is Cc1c(C#N)cncc1C1CN2CCNCC2CO1. The zero-order chi connectivity index (χ0) is 13.2. The van der Waals surface area contributed by atoms with Crippen LogP contribution in [0.4, 0.5) is 0 Å². The highest BCUT2D eigenvalue weighted by molar-refractivity contribution is 5.40. The van der Waals surface area contributed by atoms with Crippen LogP contribution in [0.1, 0.15) is 22.8 Å². The zero-order valence-electron chi connectivity index (χ0n) is 11.1. The number of fused-ring (bicyclic) bond motifs is 1. The third kappa shape index (κ3) is 2.35. The van der Waals surface area contributed by atoms with Crippen molar-refractivity contribution in [3.05, 3.63) is 29.1 Å². The quantitative estimate of drug-likeness (QED) is 0.799. The van der Waals surface area contributed by atoms with Gasteiger partial charge in [0.25, 0.3) is 0 Å². The summed E-state index contributed by atoms with van der Waals surface area (Å²) in [6.07, 6.45) is 3.49. The molecule has 2 saturated heterocycles. The Hall–Kier alpha value is -1.48. The van der Waals surface area contributed by atoms with Crippen molar-refractivity contribution in [2.75, 3.05) is 32.8 Å². The van der Waals surface area contributed by atoms with E-state index < -0.39 is 0 Å². The molecule has 5 nitrogen and oxygen atoms in total. The number of nitrogens with zero attached hydrogens (tertiary/aromatic N) is 3. The van der Waals surface area contributed by atoms with Crippen molar-refractivity contribution >= 4 is 0 Å². The van der Waals surface area contributed by atoms with E-state index in [2.05, 4.69) is 21.3 Å². The average molecular weight is 258 g/mol. The van der Waals surface area contributed by atoms with Crippen LogP contribution in [-0.4, -0.2) is 48.7 Å². The first kappa shape index (κ1) is 12.5. The van der Waals surface area contributed by atoms with Crippen LogP contribution in [0.3, 0.4) is 0 Å². The number of aromatic nitrogens is 1. The summed E-state index contributed by atoms with van der Waals surface area (Å²) in [7, 11) is 0. The Balaban J connectivity index is 1.82. The summed E-state index contributed by atoms with van der Waals surface area (Å²) in [6, 6.07) is 2.67. The largest absolute Gasteiger partial charge is 0.370 e. The van der Waals surface area contributed by atoms with Crippen molar-refractivity contribution in [1.82, 2.24) is 15.2 Å². The van der Waals surface area contributed by atoms with Gasteiger partial charge < -0.3 is 10.1 Å². The highest BCUT2D eigenvalue weighted by Gasteiger charge is 2.32. The Bertz CT molecular complexity index is 511. The monoisotopic (exact) mass is 258 g/mol. The Kier molecular flexibility index (Phi) is 3.47. The van der Waals surface area contributed by atoms with Crippen LogP contribution in [0.2, 0.25) is 0 Å². The summed E-state index contributed by atoms with van der Waals surface area (Å²) < 4.78 is 5.98. The number of nitrogens with one attached hydrogen (secondary N) is 1. The minimum Gasteiger partial charge on any atom is -0.370 e. The van der Waals surface area contributed by atoms with Crippen LogP contribution in [0, 0.1) is 18.3 Å². The molecule has 0 bridgehead atoms. The summed E-state index contributed by atoms with van der Waals surface area (Å²) >= 11 is 0. The lowest BCUT2D eigenvalue weighted by Gasteiger charge is -2.43. The molecule has 2 aliphatic rings. The summed E-state index contributed by atoms with van der Waals surface area (Å²) in [6.45, 7) is 6.72. The standard InChI is InChI=1S/C14H18N4O/c1-10-11(4-15)5-17-7-13(10)14-8-18-3-2-16-6-12(18)9-19-14/h5,7,12,14,16H,2-3,6,8-9H2,1H3. The van der Waals surface area contributed by atoms with Crippen molar-refractivity contribution in [2.45, 2.75) is 19.1 Å². The number of ether oxygens (including phenoxy) is 1. The van der Waals surface area contributed by atoms with Gasteiger partial charge in [-0.1, -0.05) is 0 Å². The lowest BCUT2D eigenvalue weighted by Crippen LogP contribution is -2.57. The smallest absolute Gasteiger partial charge is 0.101 e. The number of piperazine rings is 1. The second kappa shape index (κ2) is 5.25. The molecular weight excluding hydrogens is 240 g/mol. The Labute approximate surface area is 113 Å². The van der Waals surface area contributed by atoms with Crippen molar-refractivity contribution in [1.29, 1.82) is 5.26 Å². The molecule has 1 N–H and O–H groups in total. The zero-order valence-corrected chi connectivity index (χ0v) is 11.1. The fourth-order valence-electron chi connectivity index (χ4n) is 2.87. The molecule has 0 spiro atoms. The number of morpholine rings is 1. The maximum atomic E-state index is 9.08. The summed E-state index contributed by atoms with van der Waals surface area (Å²) in [5, 5.41) is 12.5. The van der Waals surface area contributed by atoms with Gasteiger partial charge in [0.2, 0.25) is 0 Å². The van der Waals surface area contributed by atoms with Gasteiger partial charge >= 0.3 is 0 Å². The van der Waals surface area contributed by atoms with E-state index in [0.29, 0.717) is 11.6 Å². The predicted octanol–water partition coefficient (Wildman–Crippen LogP) is 0.607. The van der Waals surface area contributed by atoms with E-state index in [-0.39, 0.29) is 6.10 Å². The molecule has 100 valence electrons. The number of nitriles is 1. The van der Waals surface area contributed by atoms with Crippen LogP contribution in [-0.2, 0) is 4.74 Å². The molecule has 0 radical (unpaired) electrons. The number of pyridine rings is 1. The topological polar surface area (TPSA) is 61.2 Å². The van der Waals surface area contributed by atoms with Crippen LogP contribution in [0.15, 0.2) is 12.4 Å². The van der Waals surface area contributed by atoms with Gasteiger partial charge in [0.1, 0.15) is 6.07 Å². The lowest BCUT2D eigenvalue weighted by molar-refractivity contribution is -0.0721. The Morgan fingerprint density at radius 3 is 3.26 bits per heavy atom. The summed E-state index contributed by atoms with van der Waals surface area (Å²) in [5.41, 5.74) is 2.69. The molecule has 3 rings (SSSR count). The first-order chi connectivity index (χ1) is 9.29. The molecular formula is C14H18N4O.